The fourth-order valence-electron chi connectivity index (χ4n) is 9.86. The van der Waals surface area contributed by atoms with Gasteiger partial charge in [-0.2, -0.15) is 0 Å². The van der Waals surface area contributed by atoms with Crippen LogP contribution in [0.5, 0.6) is 0 Å². The van der Waals surface area contributed by atoms with Crippen molar-refractivity contribution in [2.75, 3.05) is 39.6 Å². The summed E-state index contributed by atoms with van der Waals surface area (Å²) in [6.07, 6.45) is -53.7. The molecule has 0 aliphatic carbocycles. The molecule has 0 radical (unpaired) electrons. The minimum absolute atomic E-state index is 0.508. The Morgan fingerprint density at radius 1 is 0.321 bits per heavy atom. The van der Waals surface area contributed by atoms with Crippen molar-refractivity contribution in [1.29, 1.82) is 0 Å². The lowest BCUT2D eigenvalue weighted by atomic mass is 9.95. The van der Waals surface area contributed by atoms with Crippen molar-refractivity contribution in [3.8, 4) is 0 Å². The number of aliphatic hydroxyl groups excluding tert-OH is 17. The predicted molar refractivity (Wildman–Crippen MR) is 250 cm³/mol. The summed E-state index contributed by atoms with van der Waals surface area (Å²) in [4.78, 5) is 0. The van der Waals surface area contributed by atoms with Crippen LogP contribution in [0.25, 0.3) is 0 Å². The molecule has 17 N–H and O–H groups in total. The van der Waals surface area contributed by atoms with Crippen LogP contribution < -0.4 is 0 Å². The number of rotatable bonds is 20. The van der Waals surface area contributed by atoms with Crippen LogP contribution in [-0.2, 0) is 66.3 Å². The van der Waals surface area contributed by atoms with Gasteiger partial charge < -0.3 is 153 Å². The lowest BCUT2D eigenvalue weighted by molar-refractivity contribution is -0.392. The lowest BCUT2D eigenvalue weighted by Crippen LogP contribution is -2.67. The highest BCUT2D eigenvalue weighted by Crippen LogP contribution is 2.37. The third-order valence-corrected chi connectivity index (χ3v) is 13.7. The normalized spacial score (nSPS) is 48.1. The van der Waals surface area contributed by atoms with Gasteiger partial charge >= 0.3 is 0 Å². The van der Waals surface area contributed by atoms with Crippen LogP contribution in [0.4, 0.5) is 0 Å². The first-order valence-corrected chi connectivity index (χ1v) is 25.9. The zero-order chi connectivity index (χ0) is 58.0. The van der Waals surface area contributed by atoms with E-state index >= 15 is 0 Å². The van der Waals surface area contributed by atoms with Gasteiger partial charge in [0.15, 0.2) is 37.7 Å². The molecular formula is C47H84O31. The van der Waals surface area contributed by atoms with E-state index in [1.54, 1.807) is 55.4 Å². The number of aliphatic hydroxyl groups is 17. The fourth-order valence-corrected chi connectivity index (χ4v) is 9.86. The summed E-state index contributed by atoms with van der Waals surface area (Å²) < 4.78 is 81.0. The van der Waals surface area contributed by atoms with Crippen molar-refractivity contribution < 1.29 is 153 Å². The summed E-state index contributed by atoms with van der Waals surface area (Å²) in [6.45, 7) is 8.07. The van der Waals surface area contributed by atoms with E-state index in [0.717, 1.165) is 0 Å². The highest BCUT2D eigenvalue weighted by molar-refractivity contribution is 5.00. The minimum atomic E-state index is -2.13. The quantitative estimate of drug-likeness (QED) is 0.0538. The van der Waals surface area contributed by atoms with Crippen molar-refractivity contribution in [2.24, 2.45) is 0 Å². The lowest BCUT2D eigenvalue weighted by Gasteiger charge is -2.49. The van der Waals surface area contributed by atoms with Crippen LogP contribution in [0.3, 0.4) is 0 Å². The second kappa shape index (κ2) is 27.6. The van der Waals surface area contributed by atoms with Crippen molar-refractivity contribution in [3.05, 3.63) is 0 Å². The highest BCUT2D eigenvalue weighted by atomic mass is 16.8. The van der Waals surface area contributed by atoms with E-state index in [1.165, 1.54) is 0 Å². The molecule has 30 atom stereocenters. The Kier molecular flexibility index (Phi) is 23.4. The molecule has 0 aromatic heterocycles. The molecule has 31 nitrogen and oxygen atoms in total. The Labute approximate surface area is 449 Å². The molecule has 0 bridgehead atoms. The topological polar surface area (TPSA) is 473 Å². The summed E-state index contributed by atoms with van der Waals surface area (Å²) in [5.74, 6) is 0. The molecule has 458 valence electrons. The molecular weight excluding hydrogens is 1060 g/mol. The van der Waals surface area contributed by atoms with Gasteiger partial charge in [0.2, 0.25) is 0 Å². The third-order valence-electron chi connectivity index (χ3n) is 13.7. The van der Waals surface area contributed by atoms with Gasteiger partial charge in [-0.15, -0.1) is 0 Å². The van der Waals surface area contributed by atoms with E-state index in [4.69, 9.17) is 66.3 Å². The summed E-state index contributed by atoms with van der Waals surface area (Å²) in [7, 11) is 0. The van der Waals surface area contributed by atoms with Crippen molar-refractivity contribution >= 4 is 0 Å². The van der Waals surface area contributed by atoms with E-state index in [9.17, 15) is 86.8 Å². The van der Waals surface area contributed by atoms with Gasteiger partial charge in [0.25, 0.3) is 0 Å². The molecule has 6 aliphatic heterocycles. The zero-order valence-corrected chi connectivity index (χ0v) is 44.5. The Bertz CT molecular complexity index is 1790. The number of hydrogen-bond acceptors (Lipinski definition) is 31. The molecule has 6 saturated heterocycles. The first kappa shape index (κ1) is 65.9. The van der Waals surface area contributed by atoms with Crippen LogP contribution in [-0.4, -0.2) is 328 Å². The average molecular weight is 1150 g/mol. The molecule has 6 rings (SSSR count). The van der Waals surface area contributed by atoms with Gasteiger partial charge in [0, 0.05) is 0 Å². The Morgan fingerprint density at radius 3 is 0.846 bits per heavy atom. The molecule has 30 unspecified atom stereocenters. The zero-order valence-electron chi connectivity index (χ0n) is 44.5. The Balaban J connectivity index is 1.17. The molecule has 31 heteroatoms. The van der Waals surface area contributed by atoms with E-state index in [1.807, 2.05) is 0 Å². The summed E-state index contributed by atoms with van der Waals surface area (Å²) in [6, 6.07) is 0. The predicted octanol–water partition coefficient (Wildman–Crippen LogP) is -9.02. The van der Waals surface area contributed by atoms with E-state index < -0.39 is 241 Å². The fraction of sp³-hybridized carbons (Fsp3) is 1.00. The first-order valence-electron chi connectivity index (χ1n) is 25.9. The van der Waals surface area contributed by atoms with Crippen LogP contribution in [0.2, 0.25) is 0 Å². The van der Waals surface area contributed by atoms with Crippen molar-refractivity contribution in [3.63, 3.8) is 0 Å². The van der Waals surface area contributed by atoms with Crippen molar-refractivity contribution in [1.82, 2.24) is 0 Å². The Morgan fingerprint density at radius 2 is 0.551 bits per heavy atom. The van der Waals surface area contributed by atoms with Crippen LogP contribution in [0.15, 0.2) is 0 Å². The molecule has 6 fully saturated rings. The maximum absolute atomic E-state index is 11.7. The van der Waals surface area contributed by atoms with Gasteiger partial charge in [0.1, 0.15) is 146 Å². The second-order valence-electron chi connectivity index (χ2n) is 22.4. The smallest absolute Gasteiger partial charge is 0.187 e. The van der Waals surface area contributed by atoms with Gasteiger partial charge in [-0.25, -0.2) is 0 Å². The van der Waals surface area contributed by atoms with Gasteiger partial charge in [-0.1, -0.05) is 0 Å². The molecule has 0 saturated carbocycles. The molecule has 6 aliphatic rings. The number of ether oxygens (including phenoxy) is 14. The van der Waals surface area contributed by atoms with Crippen LogP contribution >= 0.6 is 0 Å². The standard InChI is InChI=1S/C47H84O31/c1-15(2)66-41-29(60)23(54)35(17(10-49)68-41)75-45-31(62)25(56)37(76-44-33(64)27(58)39(20(13-52)71-44)78-47(6,7)8)21(72-45)14-65-40-28(59)22(53)34(16(9-48)67-40)73-42-30(61)24(55)36(18(11-50)69-42)74-43-32(63)26(57)38(19(12-51)70-43)77-46(3,4)5/h15-45,48-64H,9-14H2,1-8H3. The molecule has 0 aromatic rings. The van der Waals surface area contributed by atoms with E-state index in [0.29, 0.717) is 0 Å². The van der Waals surface area contributed by atoms with Gasteiger partial charge in [-0.3, -0.25) is 0 Å². The van der Waals surface area contributed by atoms with Crippen LogP contribution in [0, 0.1) is 0 Å². The van der Waals surface area contributed by atoms with Gasteiger partial charge in [-0.05, 0) is 55.4 Å². The maximum atomic E-state index is 11.7. The monoisotopic (exact) mass is 1140 g/mol. The van der Waals surface area contributed by atoms with Crippen LogP contribution in [0.1, 0.15) is 55.4 Å². The second-order valence-corrected chi connectivity index (χ2v) is 22.4. The molecule has 6 heterocycles. The van der Waals surface area contributed by atoms with Gasteiger partial charge in [0.05, 0.1) is 56.9 Å². The molecule has 0 amide bonds. The van der Waals surface area contributed by atoms with Crippen molar-refractivity contribution in [2.45, 2.75) is 257 Å². The molecule has 0 spiro atoms. The largest absolute Gasteiger partial charge is 0.394 e. The Hall–Kier alpha value is -1.24. The third kappa shape index (κ3) is 15.2. The summed E-state index contributed by atoms with van der Waals surface area (Å²) in [5.41, 5.74) is -1.76. The number of hydrogen-bond donors (Lipinski definition) is 17. The average Bonchev–Trinajstić information content (AvgIpc) is 3.39. The summed E-state index contributed by atoms with van der Waals surface area (Å²) >= 11 is 0. The van der Waals surface area contributed by atoms with E-state index in [-0.39, 0.29) is 0 Å². The minimum Gasteiger partial charge on any atom is -0.394 e. The molecule has 0 aromatic carbocycles. The SMILES string of the molecule is CC(C)OC1OC(CO)C(OC2OC(COC3OC(CO)C(OC4OC(CO)C(OC5OC(CO)C(OC(C)(C)C)C(O)C5O)C(O)C4O)C(O)C3O)C(OC3OC(CO)C(OC(C)(C)C)C(O)C3O)C(O)C2O)C(O)C1O. The van der Waals surface area contributed by atoms with E-state index in [2.05, 4.69) is 0 Å². The molecule has 78 heavy (non-hydrogen) atoms. The first-order chi connectivity index (χ1) is 36.5. The highest BCUT2D eigenvalue weighted by Gasteiger charge is 2.57. The summed E-state index contributed by atoms with van der Waals surface area (Å²) in [5, 5.41) is 186. The maximum Gasteiger partial charge on any atom is 0.187 e.